The van der Waals surface area contributed by atoms with Gasteiger partial charge in [-0.15, -0.1) is 22.7 Å². The standard InChI is InChI=1S/C25H29NOS2/c1-16(2)7-6-8-17(3)13-14-26-25(27)18-11-12-20-22(15-18)29-23-19-9-4-5-10-21(19)28-24(20)23/h4-5,9-12,15-17H,6-8,13-14H2,1-3H3,(H,26,27)/t17-/m0/s1. The molecule has 2 heterocycles. The molecule has 0 saturated carbocycles. The molecule has 152 valence electrons. The molecular weight excluding hydrogens is 394 g/mol. The fraction of sp³-hybridized carbons (Fsp3) is 0.400. The van der Waals surface area contributed by atoms with Crippen LogP contribution in [-0.4, -0.2) is 12.5 Å². The van der Waals surface area contributed by atoms with Gasteiger partial charge in [0.05, 0.1) is 9.40 Å². The topological polar surface area (TPSA) is 29.1 Å². The number of hydrogen-bond donors (Lipinski definition) is 1. The van der Waals surface area contributed by atoms with E-state index in [4.69, 9.17) is 0 Å². The van der Waals surface area contributed by atoms with E-state index >= 15 is 0 Å². The highest BCUT2D eigenvalue weighted by molar-refractivity contribution is 7.36. The zero-order valence-electron chi connectivity index (χ0n) is 17.5. The molecule has 29 heavy (non-hydrogen) atoms. The quantitative estimate of drug-likeness (QED) is 0.307. The van der Waals surface area contributed by atoms with E-state index in [1.54, 1.807) is 11.3 Å². The second-order valence-corrected chi connectivity index (χ2v) is 10.6. The van der Waals surface area contributed by atoms with Crippen LogP contribution in [-0.2, 0) is 0 Å². The molecule has 4 heteroatoms. The molecule has 0 aliphatic heterocycles. The zero-order chi connectivity index (χ0) is 20.4. The summed E-state index contributed by atoms with van der Waals surface area (Å²) >= 11 is 3.65. The molecule has 2 nitrogen and oxygen atoms in total. The average Bonchev–Trinajstić information content (AvgIpc) is 3.23. The van der Waals surface area contributed by atoms with Crippen molar-refractivity contribution in [3.63, 3.8) is 0 Å². The molecule has 0 radical (unpaired) electrons. The molecule has 0 saturated heterocycles. The largest absolute Gasteiger partial charge is 0.352 e. The maximum Gasteiger partial charge on any atom is 0.251 e. The van der Waals surface area contributed by atoms with Crippen molar-refractivity contribution in [1.82, 2.24) is 5.32 Å². The first-order valence-electron chi connectivity index (χ1n) is 10.6. The van der Waals surface area contributed by atoms with Gasteiger partial charge in [-0.3, -0.25) is 4.79 Å². The molecule has 4 aromatic rings. The summed E-state index contributed by atoms with van der Waals surface area (Å²) in [5.74, 6) is 1.49. The summed E-state index contributed by atoms with van der Waals surface area (Å²) in [4.78, 5) is 12.6. The van der Waals surface area contributed by atoms with Crippen LogP contribution in [0.15, 0.2) is 42.5 Å². The zero-order valence-corrected chi connectivity index (χ0v) is 19.1. The van der Waals surface area contributed by atoms with E-state index in [-0.39, 0.29) is 5.91 Å². The number of carbonyl (C=O) groups is 1. The fourth-order valence-corrected chi connectivity index (χ4v) is 6.59. The molecule has 0 aliphatic carbocycles. The Morgan fingerprint density at radius 2 is 1.62 bits per heavy atom. The van der Waals surface area contributed by atoms with Gasteiger partial charge in [0, 0.05) is 32.3 Å². The van der Waals surface area contributed by atoms with E-state index in [2.05, 4.69) is 62.5 Å². The second kappa shape index (κ2) is 8.85. The van der Waals surface area contributed by atoms with Gasteiger partial charge < -0.3 is 5.32 Å². The first kappa shape index (κ1) is 20.4. The lowest BCUT2D eigenvalue weighted by Crippen LogP contribution is -2.25. The number of thiophene rings is 2. The Morgan fingerprint density at radius 1 is 0.897 bits per heavy atom. The number of benzene rings is 2. The summed E-state index contributed by atoms with van der Waals surface area (Å²) in [5.41, 5.74) is 0.767. The van der Waals surface area contributed by atoms with Crippen molar-refractivity contribution in [3.05, 3.63) is 48.0 Å². The lowest BCUT2D eigenvalue weighted by atomic mass is 9.97. The van der Waals surface area contributed by atoms with Gasteiger partial charge >= 0.3 is 0 Å². The van der Waals surface area contributed by atoms with Crippen LogP contribution in [0.2, 0.25) is 0 Å². The van der Waals surface area contributed by atoms with Gasteiger partial charge in [0.1, 0.15) is 0 Å². The smallest absolute Gasteiger partial charge is 0.251 e. The molecule has 2 aromatic heterocycles. The minimum Gasteiger partial charge on any atom is -0.352 e. The molecule has 4 rings (SSSR count). The Kier molecular flexibility index (Phi) is 6.21. The minimum absolute atomic E-state index is 0.0443. The summed E-state index contributed by atoms with van der Waals surface area (Å²) in [6.45, 7) is 7.61. The van der Waals surface area contributed by atoms with E-state index in [0.29, 0.717) is 5.92 Å². The van der Waals surface area contributed by atoms with E-state index in [1.165, 1.54) is 48.8 Å². The van der Waals surface area contributed by atoms with Gasteiger partial charge in [0.2, 0.25) is 0 Å². The number of hydrogen-bond acceptors (Lipinski definition) is 3. The van der Waals surface area contributed by atoms with E-state index < -0.39 is 0 Å². The van der Waals surface area contributed by atoms with Crippen molar-refractivity contribution < 1.29 is 4.79 Å². The van der Waals surface area contributed by atoms with Crippen molar-refractivity contribution in [2.24, 2.45) is 11.8 Å². The average molecular weight is 424 g/mol. The Hall–Kier alpha value is -1.91. The van der Waals surface area contributed by atoms with Crippen LogP contribution in [0.5, 0.6) is 0 Å². The second-order valence-electron chi connectivity index (χ2n) is 8.54. The maximum atomic E-state index is 12.6. The Bertz CT molecular complexity index is 1140. The van der Waals surface area contributed by atoms with Crippen molar-refractivity contribution >= 4 is 58.2 Å². The highest BCUT2D eigenvalue weighted by Crippen LogP contribution is 2.44. The van der Waals surface area contributed by atoms with Crippen molar-refractivity contribution in [2.75, 3.05) is 6.54 Å². The van der Waals surface area contributed by atoms with Crippen molar-refractivity contribution in [2.45, 2.75) is 46.5 Å². The van der Waals surface area contributed by atoms with E-state index in [1.807, 2.05) is 17.4 Å². The third kappa shape index (κ3) is 4.49. The number of carbonyl (C=O) groups excluding carboxylic acids is 1. The summed E-state index contributed by atoms with van der Waals surface area (Å²) in [7, 11) is 0. The molecule has 1 N–H and O–H groups in total. The van der Waals surface area contributed by atoms with E-state index in [9.17, 15) is 4.79 Å². The van der Waals surface area contributed by atoms with E-state index in [0.717, 1.165) is 24.4 Å². The first-order valence-corrected chi connectivity index (χ1v) is 12.3. The molecule has 0 bridgehead atoms. The van der Waals surface area contributed by atoms with Gasteiger partial charge in [0.15, 0.2) is 0 Å². The highest BCUT2D eigenvalue weighted by Gasteiger charge is 2.14. The number of nitrogens with one attached hydrogen (secondary N) is 1. The van der Waals surface area contributed by atoms with Gasteiger partial charge in [-0.1, -0.05) is 64.3 Å². The molecule has 0 spiro atoms. The summed E-state index contributed by atoms with van der Waals surface area (Å²) in [6.07, 6.45) is 4.88. The van der Waals surface area contributed by atoms with Crippen molar-refractivity contribution in [1.29, 1.82) is 0 Å². The Morgan fingerprint density at radius 3 is 2.41 bits per heavy atom. The Labute approximate surface area is 180 Å². The molecule has 2 aromatic carbocycles. The number of fused-ring (bicyclic) bond motifs is 5. The first-order chi connectivity index (χ1) is 14.0. The SMILES string of the molecule is CC(C)CCC[C@H](C)CCNC(=O)c1ccc2c(c1)sc1c3ccccc3sc21. The van der Waals surface area contributed by atoms with Gasteiger partial charge in [-0.25, -0.2) is 0 Å². The molecule has 1 atom stereocenters. The van der Waals surface area contributed by atoms with Crippen LogP contribution in [0, 0.1) is 11.8 Å². The van der Waals surface area contributed by atoms with Gasteiger partial charge in [-0.05, 0) is 36.5 Å². The predicted octanol–water partition coefficient (Wildman–Crippen LogP) is 7.85. The van der Waals surface area contributed by atoms with Crippen molar-refractivity contribution in [3.8, 4) is 0 Å². The molecule has 1 amide bonds. The lowest BCUT2D eigenvalue weighted by molar-refractivity contribution is 0.0951. The molecular formula is C25H29NOS2. The highest BCUT2D eigenvalue weighted by atomic mass is 32.1. The fourth-order valence-electron chi connectivity index (χ4n) is 3.90. The van der Waals surface area contributed by atoms with Crippen LogP contribution < -0.4 is 5.32 Å². The van der Waals surface area contributed by atoms with Crippen LogP contribution in [0.3, 0.4) is 0 Å². The normalized spacial score (nSPS) is 13.0. The number of amides is 1. The molecule has 0 aliphatic rings. The Balaban J connectivity index is 1.41. The minimum atomic E-state index is 0.0443. The van der Waals surface area contributed by atoms with Crippen LogP contribution >= 0.6 is 22.7 Å². The third-order valence-electron chi connectivity index (χ3n) is 5.65. The van der Waals surface area contributed by atoms with Gasteiger partial charge in [0.25, 0.3) is 5.91 Å². The summed E-state index contributed by atoms with van der Waals surface area (Å²) in [5, 5.41) is 5.71. The molecule has 0 fully saturated rings. The molecule has 0 unspecified atom stereocenters. The van der Waals surface area contributed by atoms with Crippen LogP contribution in [0.4, 0.5) is 0 Å². The number of rotatable bonds is 8. The summed E-state index contributed by atoms with van der Waals surface area (Å²) in [6, 6.07) is 14.7. The van der Waals surface area contributed by atoms with Crippen LogP contribution in [0.1, 0.15) is 56.8 Å². The monoisotopic (exact) mass is 423 g/mol. The predicted molar refractivity (Wildman–Crippen MR) is 130 cm³/mol. The third-order valence-corrected chi connectivity index (χ3v) is 8.17. The van der Waals surface area contributed by atoms with Gasteiger partial charge in [-0.2, -0.15) is 0 Å². The lowest BCUT2D eigenvalue weighted by Gasteiger charge is -2.13. The van der Waals surface area contributed by atoms with Crippen LogP contribution in [0.25, 0.3) is 29.6 Å². The maximum absolute atomic E-state index is 12.6. The summed E-state index contributed by atoms with van der Waals surface area (Å²) < 4.78 is 5.22.